The fraction of sp³-hybridized carbons (Fsp3) is 0.167. The van der Waals surface area contributed by atoms with Gasteiger partial charge in [-0.25, -0.2) is 4.99 Å². The van der Waals surface area contributed by atoms with Gasteiger partial charge < -0.3 is 0 Å². The van der Waals surface area contributed by atoms with Crippen molar-refractivity contribution in [3.05, 3.63) is 107 Å². The Hall–Kier alpha value is -2.28. The van der Waals surface area contributed by atoms with Gasteiger partial charge in [0.15, 0.2) is 4.80 Å². The molecule has 3 heterocycles. The zero-order valence-corrected chi connectivity index (χ0v) is 19.3. The number of hydrogen-bond acceptors (Lipinski definition) is 5. The molecule has 3 aromatic rings. The molecule has 3 nitrogen and oxygen atoms in total. The maximum atomic E-state index is 13.5. The van der Waals surface area contributed by atoms with Crippen molar-refractivity contribution in [3.63, 3.8) is 0 Å². The average molecular weight is 449 g/mol. The summed E-state index contributed by atoms with van der Waals surface area (Å²) in [5, 5.41) is 0. The van der Waals surface area contributed by atoms with Gasteiger partial charge in [0, 0.05) is 5.56 Å². The predicted molar refractivity (Wildman–Crippen MR) is 130 cm³/mol. The van der Waals surface area contributed by atoms with Gasteiger partial charge in [0.2, 0.25) is 0 Å². The summed E-state index contributed by atoms with van der Waals surface area (Å²) in [6.45, 7) is 6.30. The smallest absolute Gasteiger partial charge is 0.272 e. The van der Waals surface area contributed by atoms with Gasteiger partial charge in [0.1, 0.15) is 4.53 Å². The lowest BCUT2D eigenvalue weighted by Gasteiger charge is -2.19. The molecule has 0 bridgehead atoms. The molecule has 1 atom stereocenters. The molecular formula is C24H20N2OS3. The Kier molecular flexibility index (Phi) is 5.09. The standard InChI is InChI=1S/C24H20N2OS3/c1-14-9-11-17(12-10-14)19-13-20(18-7-5-4-6-8-18)26-22(27)21(30-24(26)25-19)23-28-15(2)16(3)29-23/h4-13,20H,1-3H3. The number of rotatable bonds is 2. The van der Waals surface area contributed by atoms with Gasteiger partial charge in [0.05, 0.1) is 16.0 Å². The maximum absolute atomic E-state index is 13.5. The van der Waals surface area contributed by atoms with Crippen molar-refractivity contribution in [2.45, 2.75) is 26.8 Å². The van der Waals surface area contributed by atoms with Crippen LogP contribution in [-0.2, 0) is 0 Å². The first-order valence-electron chi connectivity index (χ1n) is 9.72. The summed E-state index contributed by atoms with van der Waals surface area (Å²) < 4.78 is 3.71. The van der Waals surface area contributed by atoms with Crippen molar-refractivity contribution < 1.29 is 0 Å². The van der Waals surface area contributed by atoms with E-state index in [4.69, 9.17) is 4.99 Å². The summed E-state index contributed by atoms with van der Waals surface area (Å²) >= 11 is 4.90. The van der Waals surface area contributed by atoms with E-state index in [9.17, 15) is 4.79 Å². The summed E-state index contributed by atoms with van der Waals surface area (Å²) in [5.74, 6) is 0. The van der Waals surface area contributed by atoms with Crippen LogP contribution in [0.15, 0.2) is 80.3 Å². The van der Waals surface area contributed by atoms with Gasteiger partial charge >= 0.3 is 0 Å². The third kappa shape index (κ3) is 3.43. The van der Waals surface area contributed by atoms with E-state index in [0.717, 1.165) is 30.4 Å². The van der Waals surface area contributed by atoms with Crippen LogP contribution >= 0.6 is 34.9 Å². The molecule has 0 aliphatic carbocycles. The lowest BCUT2D eigenvalue weighted by atomic mass is 10.0. The highest BCUT2D eigenvalue weighted by molar-refractivity contribution is 8.35. The van der Waals surface area contributed by atoms with Crippen molar-refractivity contribution in [2.24, 2.45) is 4.99 Å². The van der Waals surface area contributed by atoms with Crippen LogP contribution in [0.4, 0.5) is 0 Å². The van der Waals surface area contributed by atoms with Gasteiger partial charge in [-0.1, -0.05) is 95.0 Å². The van der Waals surface area contributed by atoms with E-state index < -0.39 is 0 Å². The van der Waals surface area contributed by atoms with Crippen LogP contribution < -0.4 is 14.9 Å². The number of hydrogen-bond donors (Lipinski definition) is 0. The Bertz CT molecular complexity index is 1360. The van der Waals surface area contributed by atoms with E-state index in [2.05, 4.69) is 63.2 Å². The minimum atomic E-state index is -0.167. The SMILES string of the molecule is CC1=C(C)SC(=c2sc3n(c2=O)C(c2ccccc2)C=C(c2ccc(C)cc2)N=3)S1. The topological polar surface area (TPSA) is 34.4 Å². The highest BCUT2D eigenvalue weighted by Crippen LogP contribution is 2.48. The van der Waals surface area contributed by atoms with Gasteiger partial charge in [-0.2, -0.15) is 0 Å². The highest BCUT2D eigenvalue weighted by atomic mass is 32.2. The second-order valence-corrected chi connectivity index (χ2v) is 11.1. The van der Waals surface area contributed by atoms with Gasteiger partial charge in [-0.15, -0.1) is 0 Å². The van der Waals surface area contributed by atoms with Crippen LogP contribution in [-0.4, -0.2) is 4.57 Å². The summed E-state index contributed by atoms with van der Waals surface area (Å²) in [5.41, 5.74) is 4.34. The van der Waals surface area contributed by atoms with Gasteiger partial charge in [-0.05, 0) is 42.2 Å². The van der Waals surface area contributed by atoms with Crippen LogP contribution in [0.2, 0.25) is 0 Å². The monoisotopic (exact) mass is 448 g/mol. The van der Waals surface area contributed by atoms with Gasteiger partial charge in [0.25, 0.3) is 5.56 Å². The number of thioether (sulfide) groups is 2. The van der Waals surface area contributed by atoms with E-state index in [1.54, 1.807) is 23.5 Å². The van der Waals surface area contributed by atoms with Crippen LogP contribution in [0.1, 0.15) is 36.6 Å². The molecule has 0 amide bonds. The Balaban J connectivity index is 1.74. The fourth-order valence-electron chi connectivity index (χ4n) is 3.51. The molecule has 0 spiro atoms. The Morgan fingerprint density at radius 3 is 2.23 bits per heavy atom. The first-order valence-corrected chi connectivity index (χ1v) is 12.2. The van der Waals surface area contributed by atoms with Gasteiger partial charge in [-0.3, -0.25) is 9.36 Å². The molecular weight excluding hydrogens is 428 g/mol. The molecule has 1 aromatic heterocycles. The number of benzene rings is 2. The van der Waals surface area contributed by atoms with Crippen molar-refractivity contribution >= 4 is 44.8 Å². The number of thiazole rings is 1. The van der Waals surface area contributed by atoms with E-state index >= 15 is 0 Å². The molecule has 2 aliphatic heterocycles. The van der Waals surface area contributed by atoms with Crippen molar-refractivity contribution in [1.82, 2.24) is 4.57 Å². The zero-order valence-electron chi connectivity index (χ0n) is 16.9. The zero-order chi connectivity index (χ0) is 20.8. The van der Waals surface area contributed by atoms with Crippen LogP contribution in [0, 0.1) is 6.92 Å². The molecule has 30 heavy (non-hydrogen) atoms. The summed E-state index contributed by atoms with van der Waals surface area (Å²) in [6, 6.07) is 18.4. The predicted octanol–water partition coefficient (Wildman–Crippen LogP) is 5.28. The van der Waals surface area contributed by atoms with E-state index in [0.29, 0.717) is 0 Å². The van der Waals surface area contributed by atoms with Crippen molar-refractivity contribution in [3.8, 4) is 0 Å². The van der Waals surface area contributed by atoms with E-state index in [1.165, 1.54) is 26.7 Å². The molecule has 0 saturated heterocycles. The minimum absolute atomic E-state index is 0.0457. The molecule has 0 N–H and O–H groups in total. The molecule has 150 valence electrons. The fourth-order valence-corrected chi connectivity index (χ4v) is 7.27. The second kappa shape index (κ2) is 7.76. The number of nitrogens with zero attached hydrogens (tertiary/aromatic N) is 2. The number of aromatic nitrogens is 1. The van der Waals surface area contributed by atoms with Crippen LogP contribution in [0.25, 0.3) is 9.93 Å². The molecule has 6 heteroatoms. The third-order valence-corrected chi connectivity index (χ3v) is 9.23. The first kappa shape index (κ1) is 19.7. The normalized spacial score (nSPS) is 18.3. The quantitative estimate of drug-likeness (QED) is 0.535. The Morgan fingerprint density at radius 2 is 1.57 bits per heavy atom. The number of allylic oxidation sites excluding steroid dienone is 3. The average Bonchev–Trinajstić information content (AvgIpc) is 3.27. The molecule has 0 fully saturated rings. The largest absolute Gasteiger partial charge is 0.272 e. The summed E-state index contributed by atoms with van der Waals surface area (Å²) in [6.07, 6.45) is 2.11. The van der Waals surface area contributed by atoms with Crippen molar-refractivity contribution in [1.29, 1.82) is 0 Å². The first-order chi connectivity index (χ1) is 14.5. The molecule has 2 aromatic carbocycles. The van der Waals surface area contributed by atoms with Crippen LogP contribution in [0.3, 0.4) is 0 Å². The van der Waals surface area contributed by atoms with E-state index in [1.807, 2.05) is 22.8 Å². The summed E-state index contributed by atoms with van der Waals surface area (Å²) in [4.78, 5) is 21.7. The molecule has 5 rings (SSSR count). The van der Waals surface area contributed by atoms with Crippen LogP contribution in [0.5, 0.6) is 0 Å². The lowest BCUT2D eigenvalue weighted by Crippen LogP contribution is -2.36. The summed E-state index contributed by atoms with van der Waals surface area (Å²) in [7, 11) is 0. The molecule has 0 radical (unpaired) electrons. The molecule has 0 saturated carbocycles. The van der Waals surface area contributed by atoms with Crippen molar-refractivity contribution in [2.75, 3.05) is 0 Å². The minimum Gasteiger partial charge on any atom is -0.272 e. The number of aryl methyl sites for hydroxylation is 1. The molecule has 1 unspecified atom stereocenters. The number of fused-ring (bicyclic) bond motifs is 1. The third-order valence-electron chi connectivity index (χ3n) is 5.28. The lowest BCUT2D eigenvalue weighted by molar-refractivity contribution is 0.644. The Labute approximate surface area is 187 Å². The highest BCUT2D eigenvalue weighted by Gasteiger charge is 2.25. The second-order valence-electron chi connectivity index (χ2n) is 7.38. The maximum Gasteiger partial charge on any atom is 0.272 e. The van der Waals surface area contributed by atoms with E-state index in [-0.39, 0.29) is 11.6 Å². The molecule has 2 aliphatic rings. The Morgan fingerprint density at radius 1 is 0.900 bits per heavy atom.